The van der Waals surface area contributed by atoms with Gasteiger partial charge in [0.1, 0.15) is 18.0 Å². The van der Waals surface area contributed by atoms with E-state index >= 15 is 0 Å². The Morgan fingerprint density at radius 1 is 1.19 bits per heavy atom. The molecule has 0 spiro atoms. The average Bonchev–Trinajstić information content (AvgIpc) is 3.05. The average molecular weight is 503 g/mol. The minimum Gasteiger partial charge on any atom is -0.352 e. The van der Waals surface area contributed by atoms with Crippen molar-refractivity contribution in [2.75, 3.05) is 25.0 Å². The van der Waals surface area contributed by atoms with Gasteiger partial charge < -0.3 is 34.6 Å². The van der Waals surface area contributed by atoms with Gasteiger partial charge in [-0.25, -0.2) is 4.79 Å². The first-order valence-corrected chi connectivity index (χ1v) is 14.5. The van der Waals surface area contributed by atoms with Gasteiger partial charge in [0.25, 0.3) is 5.56 Å². The number of hydrogen-bond donors (Lipinski definition) is 6. The van der Waals surface area contributed by atoms with Crippen molar-refractivity contribution in [3.8, 4) is 0 Å². The first kappa shape index (κ1) is 26.1. The summed E-state index contributed by atoms with van der Waals surface area (Å²) in [6, 6.07) is 0. The Bertz CT molecular complexity index is 1080. The third-order valence-electron chi connectivity index (χ3n) is 4.09. The van der Waals surface area contributed by atoms with Crippen LogP contribution in [0.1, 0.15) is 24.6 Å². The van der Waals surface area contributed by atoms with Gasteiger partial charge in [0.05, 0.1) is 18.3 Å². The minimum absolute atomic E-state index is 0.178. The van der Waals surface area contributed by atoms with E-state index in [-0.39, 0.29) is 12.1 Å². The van der Waals surface area contributed by atoms with Gasteiger partial charge in [-0.1, -0.05) is 12.2 Å². The molecule has 1 fully saturated rings. The van der Waals surface area contributed by atoms with Gasteiger partial charge in [0, 0.05) is 12.7 Å². The van der Waals surface area contributed by atoms with Crippen LogP contribution in [0.15, 0.2) is 21.9 Å². The molecule has 1 aliphatic rings. The van der Waals surface area contributed by atoms with Gasteiger partial charge in [-0.2, -0.15) is 0 Å². The minimum atomic E-state index is -4.87. The molecular weight excluding hydrogens is 479 g/mol. The van der Waals surface area contributed by atoms with E-state index in [0.717, 1.165) is 4.57 Å². The van der Waals surface area contributed by atoms with Crippen LogP contribution >= 0.6 is 22.6 Å². The maximum Gasteiger partial charge on any atom is 0.337 e. The van der Waals surface area contributed by atoms with Crippen LogP contribution in [0, 0.1) is 0 Å². The SMILES string of the molecule is NC/C=C/c1cn([C@H]2CC[C@@H](COP(=O)(O)CP(=O)(O)CP(=O)(O)O)O2)c(=O)[nH]c1=O. The molecule has 2 unspecified atom stereocenters. The van der Waals surface area contributed by atoms with Crippen molar-refractivity contribution in [2.45, 2.75) is 25.2 Å². The molecule has 0 aliphatic carbocycles. The Hall–Kier alpha value is -1.17. The molecule has 0 radical (unpaired) electrons. The Labute approximate surface area is 175 Å². The lowest BCUT2D eigenvalue weighted by atomic mass is 10.2. The topological polar surface area (TPSA) is 231 Å². The second-order valence-electron chi connectivity index (χ2n) is 6.91. The van der Waals surface area contributed by atoms with Crippen molar-refractivity contribution in [1.29, 1.82) is 0 Å². The van der Waals surface area contributed by atoms with Gasteiger partial charge >= 0.3 is 20.9 Å². The highest BCUT2D eigenvalue weighted by Crippen LogP contribution is 2.63. The normalized spacial score (nSPS) is 23.6. The number of aromatic nitrogens is 2. The zero-order chi connectivity index (χ0) is 23.4. The maximum atomic E-state index is 12.1. The fraction of sp³-hybridized carbons (Fsp3) is 0.571. The van der Waals surface area contributed by atoms with Crippen LogP contribution in [0.3, 0.4) is 0 Å². The van der Waals surface area contributed by atoms with E-state index in [1.165, 1.54) is 18.3 Å². The number of hydrogen-bond acceptors (Lipinski definition) is 8. The first-order chi connectivity index (χ1) is 14.2. The molecule has 1 aliphatic heterocycles. The van der Waals surface area contributed by atoms with Crippen molar-refractivity contribution in [1.82, 2.24) is 9.55 Å². The third-order valence-corrected chi connectivity index (χ3v) is 11.1. The Kier molecular flexibility index (Phi) is 8.57. The van der Waals surface area contributed by atoms with E-state index in [1.54, 1.807) is 0 Å². The Balaban J connectivity index is 2.01. The summed E-state index contributed by atoms with van der Waals surface area (Å²) in [4.78, 5) is 62.9. The van der Waals surface area contributed by atoms with E-state index in [1.807, 2.05) is 0 Å². The Morgan fingerprint density at radius 3 is 2.48 bits per heavy atom. The number of H-pyrrole nitrogens is 1. The van der Waals surface area contributed by atoms with Crippen LogP contribution in [0.5, 0.6) is 0 Å². The molecule has 0 saturated carbocycles. The van der Waals surface area contributed by atoms with E-state index in [9.17, 15) is 33.1 Å². The summed E-state index contributed by atoms with van der Waals surface area (Å²) in [5, 5.41) is 0. The lowest BCUT2D eigenvalue weighted by Crippen LogP contribution is -2.33. The van der Waals surface area contributed by atoms with Crippen LogP contribution in [0.4, 0.5) is 0 Å². The summed E-state index contributed by atoms with van der Waals surface area (Å²) in [7, 11) is -14.1. The molecule has 7 N–H and O–H groups in total. The lowest BCUT2D eigenvalue weighted by molar-refractivity contribution is -0.0214. The molecule has 0 bridgehead atoms. The lowest BCUT2D eigenvalue weighted by Gasteiger charge is -2.19. The molecule has 14 nitrogen and oxygen atoms in total. The molecule has 176 valence electrons. The largest absolute Gasteiger partial charge is 0.352 e. The molecule has 0 amide bonds. The molecule has 4 atom stereocenters. The molecule has 31 heavy (non-hydrogen) atoms. The molecule has 0 aromatic carbocycles. The molecule has 1 aromatic heterocycles. The summed E-state index contributed by atoms with van der Waals surface area (Å²) in [5.74, 6) is -2.76. The van der Waals surface area contributed by atoms with Gasteiger partial charge in [-0.05, 0) is 12.8 Å². The molecule has 2 rings (SSSR count). The zero-order valence-electron chi connectivity index (χ0n) is 16.1. The fourth-order valence-electron chi connectivity index (χ4n) is 2.89. The van der Waals surface area contributed by atoms with Crippen LogP contribution in [0.2, 0.25) is 0 Å². The number of nitrogens with one attached hydrogen (secondary N) is 1. The van der Waals surface area contributed by atoms with E-state index in [2.05, 4.69) is 4.98 Å². The number of nitrogens with two attached hydrogens (primary N) is 1. The summed E-state index contributed by atoms with van der Waals surface area (Å²) >= 11 is 0. The van der Waals surface area contributed by atoms with Crippen LogP contribution in [-0.2, 0) is 23.0 Å². The highest BCUT2D eigenvalue weighted by atomic mass is 31.3. The molecule has 2 heterocycles. The molecular formula is C14H24N3O11P3. The van der Waals surface area contributed by atoms with Crippen molar-refractivity contribution < 1.29 is 42.5 Å². The van der Waals surface area contributed by atoms with Crippen molar-refractivity contribution in [2.24, 2.45) is 5.73 Å². The van der Waals surface area contributed by atoms with Gasteiger partial charge in [0.2, 0.25) is 7.37 Å². The van der Waals surface area contributed by atoms with Crippen LogP contribution in [0.25, 0.3) is 6.08 Å². The van der Waals surface area contributed by atoms with Gasteiger partial charge in [-0.3, -0.25) is 28.0 Å². The van der Waals surface area contributed by atoms with Gasteiger partial charge in [0.15, 0.2) is 0 Å². The molecule has 17 heteroatoms. The van der Waals surface area contributed by atoms with Crippen molar-refractivity contribution in [3.05, 3.63) is 38.7 Å². The second kappa shape index (κ2) is 10.2. The Morgan fingerprint density at radius 2 is 1.87 bits per heavy atom. The predicted molar refractivity (Wildman–Crippen MR) is 110 cm³/mol. The third kappa shape index (κ3) is 8.36. The van der Waals surface area contributed by atoms with Crippen molar-refractivity contribution in [3.63, 3.8) is 0 Å². The highest BCUT2D eigenvalue weighted by molar-refractivity contribution is 7.79. The number of rotatable bonds is 10. The monoisotopic (exact) mass is 503 g/mol. The van der Waals surface area contributed by atoms with E-state index < -0.39 is 64.6 Å². The van der Waals surface area contributed by atoms with Gasteiger partial charge in [-0.15, -0.1) is 0 Å². The summed E-state index contributed by atoms with van der Waals surface area (Å²) in [6.45, 7) is -0.272. The summed E-state index contributed by atoms with van der Waals surface area (Å²) in [6.07, 6.45) is 3.35. The highest BCUT2D eigenvalue weighted by Gasteiger charge is 2.38. The quantitative estimate of drug-likeness (QED) is 0.227. The second-order valence-corrected chi connectivity index (χ2v) is 13.7. The molecule has 1 saturated heterocycles. The fourth-order valence-corrected chi connectivity index (χ4v) is 9.32. The zero-order valence-corrected chi connectivity index (χ0v) is 18.8. The number of ether oxygens (including phenoxy) is 1. The van der Waals surface area contributed by atoms with E-state index in [4.69, 9.17) is 24.8 Å². The maximum absolute atomic E-state index is 12.1. The number of nitrogens with zero attached hydrogens (tertiary/aromatic N) is 1. The van der Waals surface area contributed by atoms with E-state index in [0.29, 0.717) is 12.8 Å². The molecule has 1 aromatic rings. The van der Waals surface area contributed by atoms with Crippen LogP contribution in [-0.4, -0.2) is 60.2 Å². The first-order valence-electron chi connectivity index (χ1n) is 8.91. The van der Waals surface area contributed by atoms with Crippen molar-refractivity contribution >= 4 is 28.6 Å². The summed E-state index contributed by atoms with van der Waals surface area (Å²) in [5.41, 5.74) is 4.21. The summed E-state index contributed by atoms with van der Waals surface area (Å²) < 4.78 is 46.3. The smallest absolute Gasteiger partial charge is 0.337 e. The predicted octanol–water partition coefficient (Wildman–Crippen LogP) is -0.249. The number of aromatic amines is 1. The van der Waals surface area contributed by atoms with Crippen LogP contribution < -0.4 is 17.0 Å². The standard InChI is InChI=1S/C14H24N3O11P3/c15-5-1-2-10-6-17(14(19)16-13(10)18)12-4-3-11(28-12)7-27-31(25,26)9-29(20,21)8-30(22,23)24/h1-2,6,11-12H,3-5,7-9,15H2,(H,20,21)(H,25,26)(H,16,18,19)(H2,22,23,24)/b2-1+/t11-,12+/m0/s1.